The molecule has 1 atom stereocenters. The second kappa shape index (κ2) is 10.2. The predicted octanol–water partition coefficient (Wildman–Crippen LogP) is 3.09. The lowest BCUT2D eigenvalue weighted by atomic mass is 9.95. The Morgan fingerprint density at radius 3 is 2.48 bits per heavy atom. The number of methoxy groups -OCH3 is 2. The van der Waals surface area contributed by atoms with Crippen molar-refractivity contribution in [1.82, 2.24) is 30.0 Å². The number of tetrazole rings is 1. The summed E-state index contributed by atoms with van der Waals surface area (Å²) in [5.41, 5.74) is 1.13. The molecule has 2 aromatic rings. The van der Waals surface area contributed by atoms with Gasteiger partial charge in [0.1, 0.15) is 0 Å². The van der Waals surface area contributed by atoms with E-state index >= 15 is 0 Å². The number of hydrogen-bond acceptors (Lipinski definition) is 7. The molecule has 1 aromatic carbocycles. The quantitative estimate of drug-likeness (QED) is 0.601. The molecule has 1 saturated carbocycles. The van der Waals surface area contributed by atoms with E-state index < -0.39 is 0 Å². The highest BCUT2D eigenvalue weighted by Gasteiger charge is 2.33. The molecule has 31 heavy (non-hydrogen) atoms. The zero-order valence-corrected chi connectivity index (χ0v) is 18.7. The first-order chi connectivity index (χ1) is 15.2. The van der Waals surface area contributed by atoms with E-state index in [0.717, 1.165) is 68.5 Å². The molecule has 4 rings (SSSR count). The van der Waals surface area contributed by atoms with Gasteiger partial charge in [-0.15, -0.1) is 11.7 Å². The zero-order valence-electron chi connectivity index (χ0n) is 18.7. The Bertz CT molecular complexity index is 856. The lowest BCUT2D eigenvalue weighted by molar-refractivity contribution is 0.110. The number of ether oxygens (including phenoxy) is 2. The van der Waals surface area contributed by atoms with Gasteiger partial charge in [-0.05, 0) is 41.0 Å². The van der Waals surface area contributed by atoms with Crippen LogP contribution in [0.25, 0.3) is 0 Å². The molecular formula is C23H34N6O2. The highest BCUT2D eigenvalue weighted by molar-refractivity contribution is 5.45. The summed E-state index contributed by atoms with van der Waals surface area (Å²) in [5.74, 6) is 2.39. The molecule has 8 nitrogen and oxygen atoms in total. The molecule has 2 fully saturated rings. The van der Waals surface area contributed by atoms with Crippen molar-refractivity contribution in [3.63, 3.8) is 0 Å². The van der Waals surface area contributed by atoms with Gasteiger partial charge in [0, 0.05) is 32.7 Å². The fourth-order valence-corrected chi connectivity index (χ4v) is 4.90. The summed E-state index contributed by atoms with van der Waals surface area (Å²) in [6.45, 7) is 8.71. The lowest BCUT2D eigenvalue weighted by Crippen LogP contribution is -2.48. The summed E-state index contributed by atoms with van der Waals surface area (Å²) >= 11 is 0. The van der Waals surface area contributed by atoms with Crippen molar-refractivity contribution in [2.45, 2.75) is 44.2 Å². The average Bonchev–Trinajstić information content (AvgIpc) is 3.30. The van der Waals surface area contributed by atoms with Crippen LogP contribution in [0.2, 0.25) is 0 Å². The zero-order chi connectivity index (χ0) is 21.6. The van der Waals surface area contributed by atoms with E-state index in [-0.39, 0.29) is 6.04 Å². The maximum absolute atomic E-state index is 5.61. The van der Waals surface area contributed by atoms with E-state index in [1.54, 1.807) is 14.2 Å². The van der Waals surface area contributed by atoms with Gasteiger partial charge < -0.3 is 9.47 Å². The molecule has 1 aromatic heterocycles. The Balaban J connectivity index is 1.69. The minimum Gasteiger partial charge on any atom is -0.493 e. The van der Waals surface area contributed by atoms with E-state index in [1.807, 2.05) is 12.1 Å². The third-order valence-electron chi connectivity index (χ3n) is 6.57. The van der Waals surface area contributed by atoms with Crippen LogP contribution in [0.5, 0.6) is 11.5 Å². The van der Waals surface area contributed by atoms with Crippen molar-refractivity contribution in [2.24, 2.45) is 0 Å². The molecule has 8 heteroatoms. The molecule has 1 saturated heterocycles. The first-order valence-electron chi connectivity index (χ1n) is 11.3. The summed E-state index contributed by atoms with van der Waals surface area (Å²) in [7, 11) is 3.34. The molecule has 0 spiro atoms. The average molecular weight is 427 g/mol. The smallest absolute Gasteiger partial charge is 0.173 e. The Morgan fingerprint density at radius 2 is 1.81 bits per heavy atom. The van der Waals surface area contributed by atoms with Gasteiger partial charge in [-0.1, -0.05) is 31.4 Å². The van der Waals surface area contributed by atoms with Crippen LogP contribution in [0.15, 0.2) is 30.9 Å². The lowest BCUT2D eigenvalue weighted by Gasteiger charge is -2.39. The van der Waals surface area contributed by atoms with Crippen molar-refractivity contribution in [3.8, 4) is 11.5 Å². The van der Waals surface area contributed by atoms with E-state index in [1.165, 1.54) is 19.3 Å². The van der Waals surface area contributed by atoms with Crippen LogP contribution in [-0.2, 0) is 0 Å². The molecule has 0 amide bonds. The minimum atomic E-state index is -0.0254. The van der Waals surface area contributed by atoms with Gasteiger partial charge in [-0.3, -0.25) is 9.80 Å². The number of rotatable bonds is 8. The predicted molar refractivity (Wildman–Crippen MR) is 120 cm³/mol. The number of nitrogens with zero attached hydrogens (tertiary/aromatic N) is 6. The second-order valence-corrected chi connectivity index (χ2v) is 8.42. The van der Waals surface area contributed by atoms with Gasteiger partial charge in [0.25, 0.3) is 0 Å². The standard InChI is InChI=1S/C23H34N6O2/c1-4-12-27-13-15-28(16-14-27)22(18-10-11-20(30-2)21(17-18)31-3)23-24-25-26-29(23)19-8-6-5-7-9-19/h4,10-11,17,19,22H,1,5-9,12-16H2,2-3H3/t22-/m0/s1. The van der Waals surface area contributed by atoms with Gasteiger partial charge in [0.15, 0.2) is 17.3 Å². The van der Waals surface area contributed by atoms with Crippen molar-refractivity contribution in [2.75, 3.05) is 46.9 Å². The molecule has 2 heterocycles. The number of piperazine rings is 1. The Kier molecular flexibility index (Phi) is 7.19. The highest BCUT2D eigenvalue weighted by atomic mass is 16.5. The van der Waals surface area contributed by atoms with Crippen LogP contribution in [-0.4, -0.2) is 77.0 Å². The molecule has 0 bridgehead atoms. The molecule has 2 aliphatic rings. The molecule has 1 aliphatic carbocycles. The summed E-state index contributed by atoms with van der Waals surface area (Å²) < 4.78 is 13.2. The van der Waals surface area contributed by atoms with Crippen molar-refractivity contribution in [1.29, 1.82) is 0 Å². The highest BCUT2D eigenvalue weighted by Crippen LogP contribution is 2.37. The monoisotopic (exact) mass is 426 g/mol. The van der Waals surface area contributed by atoms with Gasteiger partial charge in [-0.25, -0.2) is 4.68 Å². The van der Waals surface area contributed by atoms with Crippen LogP contribution in [0.3, 0.4) is 0 Å². The van der Waals surface area contributed by atoms with Gasteiger partial charge in [0.05, 0.1) is 26.3 Å². The topological polar surface area (TPSA) is 68.5 Å². The van der Waals surface area contributed by atoms with Gasteiger partial charge in [-0.2, -0.15) is 0 Å². The molecule has 168 valence electrons. The third-order valence-corrected chi connectivity index (χ3v) is 6.57. The van der Waals surface area contributed by atoms with E-state index in [2.05, 4.69) is 48.7 Å². The fraction of sp³-hybridized carbons (Fsp3) is 0.609. The molecule has 0 unspecified atom stereocenters. The van der Waals surface area contributed by atoms with Crippen LogP contribution in [0.1, 0.15) is 55.6 Å². The summed E-state index contributed by atoms with van der Waals surface area (Å²) in [5, 5.41) is 13.1. The second-order valence-electron chi connectivity index (χ2n) is 8.42. The van der Waals surface area contributed by atoms with Crippen LogP contribution < -0.4 is 9.47 Å². The maximum Gasteiger partial charge on any atom is 0.173 e. The summed E-state index contributed by atoms with van der Waals surface area (Å²) in [6, 6.07) is 6.51. The van der Waals surface area contributed by atoms with E-state index in [0.29, 0.717) is 6.04 Å². The first-order valence-corrected chi connectivity index (χ1v) is 11.3. The fourth-order valence-electron chi connectivity index (χ4n) is 4.90. The normalized spacial score (nSPS) is 19.8. The summed E-state index contributed by atoms with van der Waals surface area (Å²) in [4.78, 5) is 4.92. The Morgan fingerprint density at radius 1 is 1.06 bits per heavy atom. The minimum absolute atomic E-state index is 0.0254. The SMILES string of the molecule is C=CCN1CCN([C@@H](c2ccc(OC)c(OC)c2)c2nnnn2C2CCCCC2)CC1. The molecule has 0 radical (unpaired) electrons. The number of hydrogen-bond donors (Lipinski definition) is 0. The van der Waals surface area contributed by atoms with Crippen molar-refractivity contribution >= 4 is 0 Å². The van der Waals surface area contributed by atoms with E-state index in [9.17, 15) is 0 Å². The van der Waals surface area contributed by atoms with Crippen molar-refractivity contribution in [3.05, 3.63) is 42.2 Å². The summed E-state index contributed by atoms with van der Waals surface area (Å²) in [6.07, 6.45) is 8.05. The Hall–Kier alpha value is -2.45. The largest absolute Gasteiger partial charge is 0.493 e. The molecule has 0 N–H and O–H groups in total. The van der Waals surface area contributed by atoms with Gasteiger partial charge in [0.2, 0.25) is 0 Å². The van der Waals surface area contributed by atoms with Crippen LogP contribution in [0, 0.1) is 0 Å². The van der Waals surface area contributed by atoms with Crippen LogP contribution >= 0.6 is 0 Å². The van der Waals surface area contributed by atoms with Gasteiger partial charge >= 0.3 is 0 Å². The molecular weight excluding hydrogens is 392 g/mol. The number of benzene rings is 1. The van der Waals surface area contributed by atoms with Crippen LogP contribution in [0.4, 0.5) is 0 Å². The third kappa shape index (κ3) is 4.75. The molecule has 1 aliphatic heterocycles. The Labute approximate surface area is 184 Å². The van der Waals surface area contributed by atoms with Crippen molar-refractivity contribution < 1.29 is 9.47 Å². The number of aromatic nitrogens is 4. The first kappa shape index (κ1) is 21.8. The maximum atomic E-state index is 5.61. The van der Waals surface area contributed by atoms with E-state index in [4.69, 9.17) is 9.47 Å².